The molecule has 0 saturated heterocycles. The van der Waals surface area contributed by atoms with Crippen molar-refractivity contribution in [3.05, 3.63) is 156 Å². The van der Waals surface area contributed by atoms with Crippen LogP contribution in [0.5, 0.6) is 0 Å². The number of imidazole rings is 4. The molecule has 14 rings (SSSR count). The summed E-state index contributed by atoms with van der Waals surface area (Å²) < 4.78 is 145. The molecule has 48 heavy (non-hydrogen) atoms. The Hall–Kier alpha value is -6.14. The molecule has 0 N–H and O–H groups in total. The molecule has 10 aromatic rings. The van der Waals surface area contributed by atoms with E-state index < -0.39 is 95.7 Å². The lowest BCUT2D eigenvalue weighted by atomic mass is 9.95. The Bertz CT molecular complexity index is 3660. The van der Waals surface area contributed by atoms with Gasteiger partial charge in [-0.2, -0.15) is 0 Å². The average Bonchev–Trinajstić information content (AvgIpc) is 3.97. The van der Waals surface area contributed by atoms with Gasteiger partial charge in [-0.05, 0) is 102 Å². The third-order valence-corrected chi connectivity index (χ3v) is 8.82. The second-order valence-electron chi connectivity index (χ2n) is 11.5. The summed E-state index contributed by atoms with van der Waals surface area (Å²) in [5.74, 6) is 0.591. The van der Waals surface area contributed by atoms with Crippen LogP contribution in [0.15, 0.2) is 133 Å². The Labute approximate surface area is 296 Å². The summed E-state index contributed by atoms with van der Waals surface area (Å²) in [5, 5.41) is 0. The third-order valence-electron chi connectivity index (χ3n) is 8.82. The number of nitrogens with zero attached hydrogens (tertiary/aromatic N) is 6. The van der Waals surface area contributed by atoms with Gasteiger partial charge < -0.3 is 0 Å². The molecule has 4 aliphatic carbocycles. The van der Waals surface area contributed by atoms with Gasteiger partial charge in [0.15, 0.2) is 0 Å². The van der Waals surface area contributed by atoms with Crippen LogP contribution in [-0.2, 0) is 25.5 Å². The Kier molecular flexibility index (Phi) is 3.16. The first kappa shape index (κ1) is 15.6. The molecule has 4 heterocycles. The zero-order valence-electron chi connectivity index (χ0n) is 39.8. The number of hydrogen-bond acceptors (Lipinski definition) is 2. The van der Waals surface area contributed by atoms with Gasteiger partial charge in [-0.3, -0.25) is 17.9 Å². The van der Waals surface area contributed by atoms with Crippen LogP contribution in [0.3, 0.4) is 0 Å². The smallest absolute Gasteiger partial charge is 0.220 e. The third kappa shape index (κ3) is 3.57. The molecule has 4 aliphatic rings. The zero-order valence-corrected chi connectivity index (χ0v) is 24.8. The van der Waals surface area contributed by atoms with Crippen LogP contribution >= 0.6 is 0 Å². The van der Waals surface area contributed by atoms with Crippen molar-refractivity contribution in [3.8, 4) is 11.4 Å². The Morgan fingerprint density at radius 1 is 0.479 bits per heavy atom. The van der Waals surface area contributed by atoms with E-state index in [1.807, 2.05) is 69.6 Å². The van der Waals surface area contributed by atoms with Crippen molar-refractivity contribution in [3.63, 3.8) is 0 Å². The zero-order chi connectivity index (χ0) is 44.6. The van der Waals surface area contributed by atoms with Crippen molar-refractivity contribution < 1.29 is 20.6 Å². The molecule has 0 atom stereocenters. The molecular weight excluding hydrogens is 589 g/mol. The minimum atomic E-state index is -3.54. The summed E-state index contributed by atoms with van der Waals surface area (Å²) >= 11 is 0. The van der Waals surface area contributed by atoms with Crippen molar-refractivity contribution in [1.82, 2.24) is 27.9 Å². The van der Waals surface area contributed by atoms with E-state index in [2.05, 4.69) is 0 Å². The number of rotatable bonds is 2. The predicted octanol–water partition coefficient (Wildman–Crippen LogP) is 9.06. The van der Waals surface area contributed by atoms with Crippen LogP contribution in [0.1, 0.15) is 42.8 Å². The van der Waals surface area contributed by atoms with Gasteiger partial charge in [-0.15, -0.1) is 0 Å². The highest BCUT2D eigenvalue weighted by Crippen LogP contribution is 2.36. The van der Waals surface area contributed by atoms with Crippen molar-refractivity contribution in [2.24, 2.45) is 0 Å². The van der Waals surface area contributed by atoms with Gasteiger partial charge in [0.1, 0.15) is 5.52 Å². The van der Waals surface area contributed by atoms with Crippen molar-refractivity contribution in [2.45, 2.75) is 25.5 Å². The highest BCUT2D eigenvalue weighted by molar-refractivity contribution is 5.99. The second kappa shape index (κ2) is 9.69. The summed E-state index contributed by atoms with van der Waals surface area (Å²) in [6.07, 6.45) is -14.1. The molecule has 0 saturated carbocycles. The van der Waals surface area contributed by atoms with E-state index in [1.165, 1.54) is 4.57 Å². The first-order chi connectivity index (χ1) is 29.8. The number of benzene rings is 6. The Morgan fingerprint density at radius 2 is 1.02 bits per heavy atom. The molecule has 0 spiro atoms. The summed E-state index contributed by atoms with van der Waals surface area (Å²) in [5.41, 5.74) is 0.664. The van der Waals surface area contributed by atoms with Gasteiger partial charge in [0.2, 0.25) is 11.6 Å². The molecule has 4 aromatic heterocycles. The molecule has 6 aromatic carbocycles. The first-order valence-electron chi connectivity index (χ1n) is 22.8. The van der Waals surface area contributed by atoms with Gasteiger partial charge in [0.05, 0.1) is 59.6 Å². The maximum atomic E-state index is 9.78. The topological polar surface area (TPSA) is 44.5 Å². The minimum Gasteiger partial charge on any atom is -0.278 e. The highest BCUT2D eigenvalue weighted by atomic mass is 15.2. The molecule has 4 bridgehead atoms. The van der Waals surface area contributed by atoms with Gasteiger partial charge in [-0.25, -0.2) is 9.97 Å². The monoisotopic (exact) mass is 633 g/mol. The van der Waals surface area contributed by atoms with Gasteiger partial charge >= 0.3 is 0 Å². The SMILES string of the molecule is [2H]c1c([2H])c2c([2H])c([2H])c1C([2H])([2H])C([2H])([2H])c1c([2H])c([2H])c(c(-n3c4ccccc4n4c5cccc(-n6c7ccccc7n7c8ccccc8nc67)c5nc34)c1[2H])C([2H])([2H])C2([2H])[2H]. The molecular formula is C42H30N6. The molecule has 0 radical (unpaired) electrons. The Morgan fingerprint density at radius 3 is 1.77 bits per heavy atom. The van der Waals surface area contributed by atoms with E-state index in [9.17, 15) is 11.0 Å². The normalized spacial score (nSPS) is 22.2. The fraction of sp³-hybridized carbons (Fsp3) is 0.0952. The van der Waals surface area contributed by atoms with E-state index in [0.717, 1.165) is 22.1 Å². The van der Waals surface area contributed by atoms with Gasteiger partial charge in [0, 0.05) is 11.0 Å². The van der Waals surface area contributed by atoms with E-state index in [-0.39, 0.29) is 11.3 Å². The lowest BCUT2D eigenvalue weighted by molar-refractivity contribution is 0.905. The molecule has 0 fully saturated rings. The summed E-state index contributed by atoms with van der Waals surface area (Å²) in [7, 11) is 0. The van der Waals surface area contributed by atoms with Crippen molar-refractivity contribution in [2.75, 3.05) is 0 Å². The van der Waals surface area contributed by atoms with Gasteiger partial charge in [-0.1, -0.05) is 78.7 Å². The first-order valence-corrected chi connectivity index (χ1v) is 15.3. The largest absolute Gasteiger partial charge is 0.278 e. The second-order valence-corrected chi connectivity index (χ2v) is 11.5. The van der Waals surface area contributed by atoms with E-state index in [4.69, 9.17) is 19.6 Å². The van der Waals surface area contributed by atoms with Crippen LogP contribution in [0.25, 0.3) is 67.1 Å². The lowest BCUT2D eigenvalue weighted by Gasteiger charge is -2.16. The van der Waals surface area contributed by atoms with Crippen LogP contribution in [0.2, 0.25) is 0 Å². The maximum Gasteiger partial charge on any atom is 0.220 e. The van der Waals surface area contributed by atoms with Crippen LogP contribution in [0.4, 0.5) is 0 Å². The van der Waals surface area contributed by atoms with E-state index in [1.54, 1.807) is 34.7 Å². The summed E-state index contributed by atoms with van der Waals surface area (Å²) in [6.45, 7) is 0. The van der Waals surface area contributed by atoms with E-state index in [0.29, 0.717) is 28.0 Å². The molecule has 0 unspecified atom stereocenters. The maximum absolute atomic E-state index is 9.78. The molecule has 228 valence electrons. The van der Waals surface area contributed by atoms with E-state index >= 15 is 0 Å². The van der Waals surface area contributed by atoms with Crippen LogP contribution < -0.4 is 0 Å². The fourth-order valence-electron chi connectivity index (χ4n) is 6.80. The van der Waals surface area contributed by atoms with Gasteiger partial charge in [0.25, 0.3) is 0 Å². The molecule has 6 heteroatoms. The number of para-hydroxylation sites is 7. The van der Waals surface area contributed by atoms with Crippen LogP contribution in [0, 0.1) is 0 Å². The predicted molar refractivity (Wildman–Crippen MR) is 194 cm³/mol. The fourth-order valence-corrected chi connectivity index (χ4v) is 6.80. The lowest BCUT2D eigenvalue weighted by Crippen LogP contribution is -2.05. The summed E-state index contributed by atoms with van der Waals surface area (Å²) in [4.78, 5) is 10.2. The van der Waals surface area contributed by atoms with Crippen molar-refractivity contribution in [1.29, 1.82) is 0 Å². The highest BCUT2D eigenvalue weighted by Gasteiger charge is 2.23. The molecule has 6 nitrogen and oxygen atoms in total. The van der Waals surface area contributed by atoms with Crippen molar-refractivity contribution >= 4 is 55.7 Å². The standard InChI is InChI=1S/C42H30N6/c1-2-9-32-31(8-1)43-41-45(32)33-10-3-4-11-34(33)46(41)37-14-7-15-38-40(37)44-42-47(38)35-12-5-6-13-36(35)48(42)39-26-29-21-20-27-16-18-28(19-17-27)22-24-30(39)25-23-29/h1-19,23,25-26H,20-22,24H2/i16D,17D,18D,19D,20D2,21D2,22D2,23D,24D2,25D,26D. The van der Waals surface area contributed by atoms with Crippen LogP contribution in [-0.4, -0.2) is 27.9 Å². The number of fused-ring (bicyclic) bond motifs is 10. The minimum absolute atomic E-state index is 0.0112. The average molecular weight is 634 g/mol. The summed E-state index contributed by atoms with van der Waals surface area (Å²) in [6, 6.07) is 20.0. The number of aromatic nitrogens is 6. The molecule has 0 aliphatic heterocycles. The number of hydrogen-bond donors (Lipinski definition) is 0. The quantitative estimate of drug-likeness (QED) is 0.191. The Balaban J connectivity index is 1.32. The molecule has 0 amide bonds.